The van der Waals surface area contributed by atoms with Crippen LogP contribution in [-0.2, 0) is 36.8 Å². The number of imidazole rings is 1. The molecule has 2 amide bonds. The average Bonchev–Trinajstić information content (AvgIpc) is 3.48. The lowest BCUT2D eigenvalue weighted by molar-refractivity contribution is -0.134. The van der Waals surface area contributed by atoms with E-state index in [1.54, 1.807) is 14.0 Å². The molecule has 13 heteroatoms. The largest absolute Gasteiger partial charge is 0.382 e. The molecule has 4 N–H and O–H groups in total. The van der Waals surface area contributed by atoms with Crippen molar-refractivity contribution >= 4 is 45.4 Å². The van der Waals surface area contributed by atoms with Gasteiger partial charge in [0.25, 0.3) is 0 Å². The second kappa shape index (κ2) is 20.1. The Kier molecular flexibility index (Phi) is 15.7. The van der Waals surface area contributed by atoms with Gasteiger partial charge in [-0.3, -0.25) is 19.3 Å². The number of nitrogens with one attached hydrogen (secondary N) is 2. The average molecular weight is 683 g/mol. The van der Waals surface area contributed by atoms with Gasteiger partial charge in [-0.2, -0.15) is 0 Å². The third kappa shape index (κ3) is 11.4. The minimum Gasteiger partial charge on any atom is -0.382 e. The molecule has 13 nitrogen and oxygen atoms in total. The number of para-hydroxylation sites is 1. The first-order valence-electron chi connectivity index (χ1n) is 18.0. The summed E-state index contributed by atoms with van der Waals surface area (Å²) in [6.07, 6.45) is 6.16. The summed E-state index contributed by atoms with van der Waals surface area (Å²) >= 11 is 0. The van der Waals surface area contributed by atoms with Crippen molar-refractivity contribution in [1.82, 2.24) is 35.0 Å². The fourth-order valence-corrected chi connectivity index (χ4v) is 6.28. The fraction of sp³-hybridized carbons (Fsp3) is 0.639. The number of likely N-dealkylation sites (N-methyl/N-ethyl adjacent to an activating group) is 1. The normalized spacial score (nSPS) is 14.5. The lowest BCUT2D eigenvalue weighted by atomic mass is 10.1. The van der Waals surface area contributed by atoms with Gasteiger partial charge in [-0.25, -0.2) is 9.97 Å². The number of hydrogen-bond acceptors (Lipinski definition) is 10. The van der Waals surface area contributed by atoms with Gasteiger partial charge < -0.3 is 35.3 Å². The smallest absolute Gasteiger partial charge is 0.224 e. The number of aryl methyl sites for hydroxylation is 1. The molecule has 1 aromatic carbocycles. The lowest BCUT2D eigenvalue weighted by Gasteiger charge is -2.35. The van der Waals surface area contributed by atoms with Crippen LogP contribution in [0.5, 0.6) is 0 Å². The molecule has 4 rings (SSSR count). The number of benzene rings is 1. The Balaban J connectivity index is 0.00000676. The minimum absolute atomic E-state index is 0. The number of unbranched alkanes of at least 4 members (excludes halogenated alkanes) is 2. The van der Waals surface area contributed by atoms with Crippen LogP contribution in [0.25, 0.3) is 21.9 Å². The first kappa shape index (κ1) is 38.2. The number of nitrogens with two attached hydrogens (primary N) is 1. The van der Waals surface area contributed by atoms with Crippen LogP contribution in [0.2, 0.25) is 0 Å². The van der Waals surface area contributed by atoms with Gasteiger partial charge in [-0.1, -0.05) is 31.5 Å². The Morgan fingerprint density at radius 3 is 2.41 bits per heavy atom. The molecule has 3 aromatic rings. The predicted molar refractivity (Wildman–Crippen MR) is 194 cm³/mol. The molecule has 0 saturated carbocycles. The zero-order valence-electron chi connectivity index (χ0n) is 29.7. The Morgan fingerprint density at radius 1 is 0.959 bits per heavy atom. The molecule has 1 aliphatic heterocycles. The number of amides is 2. The summed E-state index contributed by atoms with van der Waals surface area (Å²) in [4.78, 5) is 50.1. The summed E-state index contributed by atoms with van der Waals surface area (Å²) in [5.74, 6) is 1.72. The zero-order chi connectivity index (χ0) is 35.0. The van der Waals surface area contributed by atoms with E-state index in [2.05, 4.69) is 38.1 Å². The number of aromatic nitrogens is 3. The number of nitrogen functional groups attached to an aromatic ring is 1. The van der Waals surface area contributed by atoms with E-state index in [1.807, 2.05) is 23.1 Å². The van der Waals surface area contributed by atoms with Crippen molar-refractivity contribution in [3.05, 3.63) is 30.1 Å². The highest BCUT2D eigenvalue weighted by molar-refractivity contribution is 6.06. The van der Waals surface area contributed by atoms with Crippen LogP contribution in [0, 0.1) is 0 Å². The monoisotopic (exact) mass is 682 g/mol. The number of hydrogen-bond donors (Lipinski definition) is 3. The van der Waals surface area contributed by atoms with Crippen LogP contribution in [0.15, 0.2) is 24.3 Å². The number of nitrogens with zero attached hydrogens (tertiary/aromatic N) is 5. The van der Waals surface area contributed by atoms with Crippen LogP contribution in [0.1, 0.15) is 66.0 Å². The Hall–Kier alpha value is -3.65. The van der Waals surface area contributed by atoms with Crippen molar-refractivity contribution in [2.24, 2.45) is 0 Å². The zero-order valence-corrected chi connectivity index (χ0v) is 29.7. The van der Waals surface area contributed by atoms with Crippen molar-refractivity contribution in [3.63, 3.8) is 0 Å². The Bertz CT molecular complexity index is 1510. The van der Waals surface area contributed by atoms with Crippen LogP contribution in [0.3, 0.4) is 0 Å². The number of ether oxygens (including phenoxy) is 2. The van der Waals surface area contributed by atoms with Crippen molar-refractivity contribution in [2.45, 2.75) is 77.8 Å². The van der Waals surface area contributed by atoms with E-state index in [0.29, 0.717) is 64.7 Å². The molecule has 1 unspecified atom stereocenters. The van der Waals surface area contributed by atoms with Crippen LogP contribution >= 0.6 is 0 Å². The molecule has 0 radical (unpaired) electrons. The van der Waals surface area contributed by atoms with E-state index >= 15 is 0 Å². The molecule has 1 aliphatic rings. The van der Waals surface area contributed by atoms with E-state index in [-0.39, 0.29) is 25.1 Å². The van der Waals surface area contributed by atoms with Crippen molar-refractivity contribution in [1.29, 1.82) is 0 Å². The second-order valence-electron chi connectivity index (χ2n) is 12.7. The maximum Gasteiger partial charge on any atom is 0.224 e. The van der Waals surface area contributed by atoms with Crippen molar-refractivity contribution in [3.8, 4) is 0 Å². The third-order valence-corrected chi connectivity index (χ3v) is 9.19. The maximum absolute atomic E-state index is 12.8. The van der Waals surface area contributed by atoms with Gasteiger partial charge in [0.2, 0.25) is 11.8 Å². The molecule has 0 bridgehead atoms. The molecular formula is C36H58N8O5. The summed E-state index contributed by atoms with van der Waals surface area (Å²) in [6.45, 7) is 10.5. The molecule has 1 fully saturated rings. The number of carbonyl (C=O) groups is 3. The molecule has 0 spiro atoms. The standard InChI is InChI=1S/C36H56N8O5.H2/c1-4-5-13-31-41-34-35(28-10-6-7-12-30(28)40-36(34)37)44(31)22-19-42-17-20-43(21-18-42)33(47)15-24-49-26-25-48-23-14-32(46)39-16-9-8-11-29(38-3)27(2)45;/h6-7,10,12,29,38H,4-5,8-9,11,13-26H2,1-3H3,(H2,37,40)(H,39,46);1H. The van der Waals surface area contributed by atoms with E-state index in [9.17, 15) is 14.4 Å². The highest BCUT2D eigenvalue weighted by Gasteiger charge is 2.22. The van der Waals surface area contributed by atoms with Gasteiger partial charge in [0.15, 0.2) is 5.82 Å². The topological polar surface area (TPSA) is 157 Å². The van der Waals surface area contributed by atoms with Gasteiger partial charge in [0, 0.05) is 65.5 Å². The number of anilines is 1. The number of pyridine rings is 1. The van der Waals surface area contributed by atoms with E-state index in [4.69, 9.17) is 20.2 Å². The fourth-order valence-electron chi connectivity index (χ4n) is 6.28. The summed E-state index contributed by atoms with van der Waals surface area (Å²) < 4.78 is 13.5. The molecule has 3 heterocycles. The van der Waals surface area contributed by atoms with Gasteiger partial charge in [0.05, 0.1) is 49.9 Å². The van der Waals surface area contributed by atoms with Gasteiger partial charge in [-0.15, -0.1) is 0 Å². The van der Waals surface area contributed by atoms with E-state index in [0.717, 1.165) is 92.5 Å². The maximum atomic E-state index is 12.8. The highest BCUT2D eigenvalue weighted by atomic mass is 16.5. The number of carbonyl (C=O) groups excluding carboxylic acids is 3. The van der Waals surface area contributed by atoms with Gasteiger partial charge in [-0.05, 0) is 45.7 Å². The molecule has 0 aliphatic carbocycles. The Labute approximate surface area is 291 Å². The van der Waals surface area contributed by atoms with E-state index < -0.39 is 0 Å². The molecule has 49 heavy (non-hydrogen) atoms. The number of Topliss-reactive ketones (excluding diaryl/α,β-unsaturated/α-hetero) is 1. The molecular weight excluding hydrogens is 624 g/mol. The van der Waals surface area contributed by atoms with Crippen molar-refractivity contribution < 1.29 is 25.3 Å². The first-order valence-corrected chi connectivity index (χ1v) is 18.0. The van der Waals surface area contributed by atoms with Crippen LogP contribution in [-0.4, -0.2) is 121 Å². The summed E-state index contributed by atoms with van der Waals surface area (Å²) in [5.41, 5.74) is 9.09. The first-order chi connectivity index (χ1) is 23.8. The predicted octanol–water partition coefficient (Wildman–Crippen LogP) is 3.18. The molecule has 1 saturated heterocycles. The minimum atomic E-state index is -0.114. The number of ketones is 1. The molecule has 1 atom stereocenters. The third-order valence-electron chi connectivity index (χ3n) is 9.19. The number of rotatable bonds is 22. The lowest BCUT2D eigenvalue weighted by Crippen LogP contribution is -2.49. The summed E-state index contributed by atoms with van der Waals surface area (Å²) in [6, 6.07) is 8.00. The Morgan fingerprint density at radius 2 is 1.69 bits per heavy atom. The number of piperazine rings is 1. The van der Waals surface area contributed by atoms with Crippen molar-refractivity contribution in [2.75, 3.05) is 78.5 Å². The van der Waals surface area contributed by atoms with Crippen LogP contribution in [0.4, 0.5) is 5.82 Å². The van der Waals surface area contributed by atoms with Gasteiger partial charge >= 0.3 is 0 Å². The highest BCUT2D eigenvalue weighted by Crippen LogP contribution is 2.29. The van der Waals surface area contributed by atoms with Gasteiger partial charge in [0.1, 0.15) is 17.1 Å². The quantitative estimate of drug-likeness (QED) is 0.135. The van der Waals surface area contributed by atoms with Crippen LogP contribution < -0.4 is 16.4 Å². The molecule has 2 aromatic heterocycles. The van der Waals surface area contributed by atoms with E-state index in [1.165, 1.54) is 0 Å². The number of fused-ring (bicyclic) bond motifs is 3. The summed E-state index contributed by atoms with van der Waals surface area (Å²) in [5, 5.41) is 6.97. The second-order valence-corrected chi connectivity index (χ2v) is 12.7. The summed E-state index contributed by atoms with van der Waals surface area (Å²) in [7, 11) is 1.79. The molecule has 272 valence electrons. The SMILES string of the molecule is CCCCc1nc2c(N)nc3ccccc3c2n1CCN1CCN(C(=O)CCOCCOCCC(=O)NCCCCC(NC)C(C)=O)CC1.[HH].